The van der Waals surface area contributed by atoms with Gasteiger partial charge in [0, 0.05) is 13.0 Å². The van der Waals surface area contributed by atoms with Gasteiger partial charge < -0.3 is 15.2 Å². The summed E-state index contributed by atoms with van der Waals surface area (Å²) in [5, 5.41) is 12.3. The third-order valence-electron chi connectivity index (χ3n) is 3.07. The maximum Gasteiger partial charge on any atom is 0.305 e. The van der Waals surface area contributed by atoms with Gasteiger partial charge in [-0.15, -0.1) is 0 Å². The Bertz CT molecular complexity index is 376. The number of carbonyl (C=O) groups is 1. The van der Waals surface area contributed by atoms with E-state index in [-0.39, 0.29) is 12.6 Å². The Morgan fingerprint density at radius 1 is 1.15 bits per heavy atom. The van der Waals surface area contributed by atoms with Crippen LogP contribution < -0.4 is 5.32 Å². The van der Waals surface area contributed by atoms with E-state index >= 15 is 0 Å². The molecule has 4 heteroatoms. The number of aliphatic hydroxyl groups is 1. The SMILES string of the molecule is CCOC(=O)CCCCCNCc1ccc(CO)cc1. The Balaban J connectivity index is 2.00. The van der Waals surface area contributed by atoms with Crippen molar-refractivity contribution in [2.75, 3.05) is 13.2 Å². The van der Waals surface area contributed by atoms with Crippen LogP contribution in [0.25, 0.3) is 0 Å². The fourth-order valence-electron chi connectivity index (χ4n) is 1.92. The van der Waals surface area contributed by atoms with Gasteiger partial charge in [-0.1, -0.05) is 30.7 Å². The molecule has 0 radical (unpaired) electrons. The predicted octanol–water partition coefficient (Wildman–Crippen LogP) is 2.39. The van der Waals surface area contributed by atoms with Crippen LogP contribution in [0.15, 0.2) is 24.3 Å². The van der Waals surface area contributed by atoms with E-state index < -0.39 is 0 Å². The van der Waals surface area contributed by atoms with Crippen LogP contribution in [-0.2, 0) is 22.7 Å². The van der Waals surface area contributed by atoms with Crippen molar-refractivity contribution in [3.63, 3.8) is 0 Å². The Kier molecular flexibility index (Phi) is 8.67. The van der Waals surface area contributed by atoms with Crippen molar-refractivity contribution >= 4 is 5.97 Å². The molecule has 0 aliphatic rings. The smallest absolute Gasteiger partial charge is 0.305 e. The zero-order valence-electron chi connectivity index (χ0n) is 12.2. The summed E-state index contributed by atoms with van der Waals surface area (Å²) in [6, 6.07) is 7.94. The minimum Gasteiger partial charge on any atom is -0.466 e. The summed E-state index contributed by atoms with van der Waals surface area (Å²) in [6.45, 7) is 4.17. The van der Waals surface area contributed by atoms with Crippen LogP contribution in [0.3, 0.4) is 0 Å². The Hall–Kier alpha value is -1.39. The third kappa shape index (κ3) is 7.26. The topological polar surface area (TPSA) is 58.6 Å². The molecule has 1 aromatic rings. The molecule has 0 atom stereocenters. The average Bonchev–Trinajstić information content (AvgIpc) is 2.47. The molecule has 0 aliphatic heterocycles. The number of nitrogens with one attached hydrogen (secondary N) is 1. The maximum absolute atomic E-state index is 11.1. The maximum atomic E-state index is 11.1. The largest absolute Gasteiger partial charge is 0.466 e. The molecular weight excluding hydrogens is 254 g/mol. The number of hydrogen-bond acceptors (Lipinski definition) is 4. The number of unbranched alkanes of at least 4 members (excludes halogenated alkanes) is 2. The Morgan fingerprint density at radius 3 is 2.50 bits per heavy atom. The van der Waals surface area contributed by atoms with Crippen LogP contribution in [0.1, 0.15) is 43.7 Å². The number of hydrogen-bond donors (Lipinski definition) is 2. The molecule has 0 aliphatic carbocycles. The lowest BCUT2D eigenvalue weighted by molar-refractivity contribution is -0.143. The van der Waals surface area contributed by atoms with Crippen LogP contribution in [0.5, 0.6) is 0 Å². The van der Waals surface area contributed by atoms with Crippen LogP contribution in [-0.4, -0.2) is 24.2 Å². The van der Waals surface area contributed by atoms with Gasteiger partial charge in [-0.2, -0.15) is 0 Å². The van der Waals surface area contributed by atoms with Crippen LogP contribution in [0.4, 0.5) is 0 Å². The lowest BCUT2D eigenvalue weighted by Gasteiger charge is -2.06. The molecule has 1 aromatic carbocycles. The molecule has 0 saturated heterocycles. The standard InChI is InChI=1S/C16H25NO3/c1-2-20-16(19)6-4-3-5-11-17-12-14-7-9-15(13-18)10-8-14/h7-10,17-18H,2-6,11-13H2,1H3. The first kappa shape index (κ1) is 16.7. The number of esters is 1. The van der Waals surface area contributed by atoms with Crippen LogP contribution >= 0.6 is 0 Å². The molecule has 20 heavy (non-hydrogen) atoms. The number of rotatable bonds is 10. The van der Waals surface area contributed by atoms with E-state index in [1.54, 1.807) is 0 Å². The van der Waals surface area contributed by atoms with Crippen molar-refractivity contribution in [3.8, 4) is 0 Å². The second kappa shape index (κ2) is 10.4. The summed E-state index contributed by atoms with van der Waals surface area (Å²) in [5.74, 6) is -0.0931. The van der Waals surface area contributed by atoms with Crippen molar-refractivity contribution in [2.24, 2.45) is 0 Å². The molecule has 0 amide bonds. The molecule has 0 saturated carbocycles. The lowest BCUT2D eigenvalue weighted by Crippen LogP contribution is -2.14. The fraction of sp³-hybridized carbons (Fsp3) is 0.562. The second-order valence-electron chi connectivity index (χ2n) is 4.77. The van der Waals surface area contributed by atoms with Gasteiger partial charge in [0.15, 0.2) is 0 Å². The number of carbonyl (C=O) groups excluding carboxylic acids is 1. The first-order chi connectivity index (χ1) is 9.76. The summed E-state index contributed by atoms with van der Waals surface area (Å²) in [6.07, 6.45) is 3.52. The van der Waals surface area contributed by atoms with Gasteiger partial charge in [-0.3, -0.25) is 4.79 Å². The van der Waals surface area contributed by atoms with Crippen molar-refractivity contribution in [3.05, 3.63) is 35.4 Å². The molecule has 0 bridgehead atoms. The Morgan fingerprint density at radius 2 is 1.85 bits per heavy atom. The molecule has 0 heterocycles. The number of ether oxygens (including phenoxy) is 1. The Labute approximate surface area is 121 Å². The molecule has 0 aromatic heterocycles. The van der Waals surface area contributed by atoms with Crippen LogP contribution in [0.2, 0.25) is 0 Å². The minimum atomic E-state index is -0.0931. The zero-order chi connectivity index (χ0) is 14.6. The molecule has 1 rings (SSSR count). The first-order valence-electron chi connectivity index (χ1n) is 7.31. The summed E-state index contributed by atoms with van der Waals surface area (Å²) in [4.78, 5) is 11.1. The van der Waals surface area contributed by atoms with E-state index in [2.05, 4.69) is 5.32 Å². The van der Waals surface area contributed by atoms with Crippen molar-refractivity contribution in [1.82, 2.24) is 5.32 Å². The molecule has 0 unspecified atom stereocenters. The van der Waals surface area contributed by atoms with Crippen molar-refractivity contribution in [2.45, 2.75) is 45.8 Å². The second-order valence-corrected chi connectivity index (χ2v) is 4.77. The van der Waals surface area contributed by atoms with E-state index in [0.29, 0.717) is 13.0 Å². The summed E-state index contributed by atoms with van der Waals surface area (Å²) >= 11 is 0. The van der Waals surface area contributed by atoms with E-state index in [9.17, 15) is 4.79 Å². The van der Waals surface area contributed by atoms with Gasteiger partial charge >= 0.3 is 5.97 Å². The highest BCUT2D eigenvalue weighted by atomic mass is 16.5. The van der Waals surface area contributed by atoms with Gasteiger partial charge in [0.05, 0.1) is 13.2 Å². The van der Waals surface area contributed by atoms with E-state index in [0.717, 1.165) is 37.9 Å². The highest BCUT2D eigenvalue weighted by Crippen LogP contribution is 2.04. The summed E-state index contributed by atoms with van der Waals surface area (Å²) in [7, 11) is 0. The molecule has 4 nitrogen and oxygen atoms in total. The molecular formula is C16H25NO3. The normalized spacial score (nSPS) is 10.5. The quantitative estimate of drug-likeness (QED) is 0.510. The van der Waals surface area contributed by atoms with Gasteiger partial charge in [-0.05, 0) is 37.4 Å². The third-order valence-corrected chi connectivity index (χ3v) is 3.07. The zero-order valence-corrected chi connectivity index (χ0v) is 12.2. The van der Waals surface area contributed by atoms with Crippen molar-refractivity contribution in [1.29, 1.82) is 0 Å². The molecule has 0 spiro atoms. The fourth-order valence-corrected chi connectivity index (χ4v) is 1.92. The highest BCUT2D eigenvalue weighted by Gasteiger charge is 2.00. The van der Waals surface area contributed by atoms with Gasteiger partial charge in [0.2, 0.25) is 0 Å². The molecule has 2 N–H and O–H groups in total. The van der Waals surface area contributed by atoms with Gasteiger partial charge in [-0.25, -0.2) is 0 Å². The highest BCUT2D eigenvalue weighted by molar-refractivity contribution is 5.69. The number of benzene rings is 1. The average molecular weight is 279 g/mol. The lowest BCUT2D eigenvalue weighted by atomic mass is 10.1. The monoisotopic (exact) mass is 279 g/mol. The predicted molar refractivity (Wildman–Crippen MR) is 79.2 cm³/mol. The van der Waals surface area contributed by atoms with Crippen LogP contribution in [0, 0.1) is 0 Å². The van der Waals surface area contributed by atoms with Crippen molar-refractivity contribution < 1.29 is 14.6 Å². The number of aliphatic hydroxyl groups excluding tert-OH is 1. The van der Waals surface area contributed by atoms with E-state index in [1.807, 2.05) is 31.2 Å². The van der Waals surface area contributed by atoms with E-state index in [4.69, 9.17) is 9.84 Å². The summed E-state index contributed by atoms with van der Waals surface area (Å²) in [5.41, 5.74) is 2.15. The first-order valence-corrected chi connectivity index (χ1v) is 7.31. The van der Waals surface area contributed by atoms with E-state index in [1.165, 1.54) is 5.56 Å². The minimum absolute atomic E-state index is 0.0914. The molecule has 112 valence electrons. The van der Waals surface area contributed by atoms with Gasteiger partial charge in [0.25, 0.3) is 0 Å². The summed E-state index contributed by atoms with van der Waals surface area (Å²) < 4.78 is 4.87. The van der Waals surface area contributed by atoms with Gasteiger partial charge in [0.1, 0.15) is 0 Å². The molecule has 0 fully saturated rings.